The summed E-state index contributed by atoms with van der Waals surface area (Å²) in [5.41, 5.74) is 1.42. The Balaban J connectivity index is 1.86. The maximum atomic E-state index is 12.6. The van der Waals surface area contributed by atoms with Crippen LogP contribution in [0.1, 0.15) is 5.56 Å². The molecule has 0 saturated carbocycles. The molecule has 22 heavy (non-hydrogen) atoms. The fourth-order valence-corrected chi connectivity index (χ4v) is 3.30. The van der Waals surface area contributed by atoms with E-state index in [4.69, 9.17) is 9.47 Å². The van der Waals surface area contributed by atoms with Crippen LogP contribution in [0, 0.1) is 6.92 Å². The second-order valence-corrected chi connectivity index (χ2v) is 6.78. The molecule has 1 aliphatic rings. The monoisotopic (exact) mass is 319 g/mol. The zero-order chi connectivity index (χ0) is 15.6. The molecule has 1 fully saturated rings. The fourth-order valence-electron chi connectivity index (χ4n) is 2.03. The van der Waals surface area contributed by atoms with Crippen LogP contribution in [-0.4, -0.2) is 27.7 Å². The van der Waals surface area contributed by atoms with Gasteiger partial charge in [-0.2, -0.15) is 0 Å². The van der Waals surface area contributed by atoms with Crippen molar-refractivity contribution in [3.05, 3.63) is 54.1 Å². The molecule has 1 saturated heterocycles. The number of rotatable bonds is 6. The minimum Gasteiger partial charge on any atom is -0.489 e. The topological polar surface area (TPSA) is 67.9 Å². The maximum Gasteiger partial charge on any atom is 0.265 e. The van der Waals surface area contributed by atoms with Crippen molar-refractivity contribution >= 4 is 15.7 Å². The number of sulfonamides is 1. The average molecular weight is 319 g/mol. The van der Waals surface area contributed by atoms with Crippen molar-refractivity contribution in [1.82, 2.24) is 0 Å². The quantitative estimate of drug-likeness (QED) is 0.831. The Hall–Kier alpha value is -2.05. The van der Waals surface area contributed by atoms with Gasteiger partial charge in [0.25, 0.3) is 10.0 Å². The van der Waals surface area contributed by atoms with E-state index < -0.39 is 10.0 Å². The summed E-state index contributed by atoms with van der Waals surface area (Å²) in [4.78, 5) is 0.124. The van der Waals surface area contributed by atoms with Crippen LogP contribution in [0.4, 0.5) is 5.69 Å². The highest BCUT2D eigenvalue weighted by atomic mass is 32.2. The van der Waals surface area contributed by atoms with Gasteiger partial charge in [0.1, 0.15) is 23.4 Å². The zero-order valence-corrected chi connectivity index (χ0v) is 13.0. The van der Waals surface area contributed by atoms with Gasteiger partial charge < -0.3 is 9.47 Å². The maximum absolute atomic E-state index is 12.6. The summed E-state index contributed by atoms with van der Waals surface area (Å²) in [7, 11) is -3.71. The second-order valence-electron chi connectivity index (χ2n) is 5.13. The Morgan fingerprint density at radius 2 is 1.86 bits per heavy atom. The Kier molecular flexibility index (Phi) is 4.04. The molecule has 116 valence electrons. The van der Waals surface area contributed by atoms with Crippen LogP contribution in [-0.2, 0) is 14.8 Å². The van der Waals surface area contributed by atoms with E-state index in [0.717, 1.165) is 5.56 Å². The van der Waals surface area contributed by atoms with Crippen LogP contribution >= 0.6 is 0 Å². The summed E-state index contributed by atoms with van der Waals surface area (Å²) < 4.78 is 38.5. The van der Waals surface area contributed by atoms with Crippen molar-refractivity contribution in [3.63, 3.8) is 0 Å². The molecule has 2 aromatic rings. The molecule has 0 aromatic heterocycles. The predicted octanol–water partition coefficient (Wildman–Crippen LogP) is 2.57. The number of aryl methyl sites for hydroxylation is 1. The lowest BCUT2D eigenvalue weighted by molar-refractivity contribution is 0.258. The molecule has 1 unspecified atom stereocenters. The van der Waals surface area contributed by atoms with E-state index >= 15 is 0 Å². The molecule has 0 aliphatic carbocycles. The number of hydrogen-bond donors (Lipinski definition) is 1. The highest BCUT2D eigenvalue weighted by Gasteiger charge is 2.25. The summed E-state index contributed by atoms with van der Waals surface area (Å²) in [6, 6.07) is 13.8. The second kappa shape index (κ2) is 5.98. The Morgan fingerprint density at radius 1 is 1.18 bits per heavy atom. The van der Waals surface area contributed by atoms with Gasteiger partial charge in [0.15, 0.2) is 0 Å². The molecule has 5 nitrogen and oxygen atoms in total. The van der Waals surface area contributed by atoms with Crippen molar-refractivity contribution < 1.29 is 17.9 Å². The van der Waals surface area contributed by atoms with E-state index in [2.05, 4.69) is 4.72 Å². The Bertz CT molecular complexity index is 769. The summed E-state index contributed by atoms with van der Waals surface area (Å²) >= 11 is 0. The van der Waals surface area contributed by atoms with Crippen molar-refractivity contribution in [2.75, 3.05) is 17.9 Å². The number of ether oxygens (including phenoxy) is 2. The SMILES string of the molecule is Cc1ccccc1NS(=O)(=O)c1ccccc1OCC1CO1. The standard InChI is InChI=1S/C16H17NO4S/c1-12-6-2-3-7-14(12)17-22(18,19)16-9-5-4-8-15(16)21-11-13-10-20-13/h2-9,13,17H,10-11H2,1H3. The third kappa shape index (κ3) is 3.40. The van der Waals surface area contributed by atoms with Crippen LogP contribution in [0.5, 0.6) is 5.75 Å². The van der Waals surface area contributed by atoms with Crippen molar-refractivity contribution in [2.45, 2.75) is 17.9 Å². The number of nitrogens with one attached hydrogen (secondary N) is 1. The first-order chi connectivity index (χ1) is 10.6. The molecule has 0 radical (unpaired) electrons. The molecular weight excluding hydrogens is 302 g/mol. The fraction of sp³-hybridized carbons (Fsp3) is 0.250. The van der Waals surface area contributed by atoms with E-state index in [-0.39, 0.29) is 11.0 Å². The first-order valence-corrected chi connectivity index (χ1v) is 8.46. The van der Waals surface area contributed by atoms with Gasteiger partial charge in [-0.1, -0.05) is 30.3 Å². The normalized spacial score (nSPS) is 17.0. The predicted molar refractivity (Wildman–Crippen MR) is 83.7 cm³/mol. The average Bonchev–Trinajstić information content (AvgIpc) is 3.32. The lowest BCUT2D eigenvalue weighted by Crippen LogP contribution is -2.16. The molecule has 1 aliphatic heterocycles. The van der Waals surface area contributed by atoms with Gasteiger partial charge >= 0.3 is 0 Å². The molecule has 6 heteroatoms. The summed E-state index contributed by atoms with van der Waals surface area (Å²) in [6.07, 6.45) is 0.0695. The summed E-state index contributed by atoms with van der Waals surface area (Å²) in [6.45, 7) is 2.87. The van der Waals surface area contributed by atoms with Crippen LogP contribution in [0.25, 0.3) is 0 Å². The number of benzene rings is 2. The molecule has 3 rings (SSSR count). The van der Waals surface area contributed by atoms with E-state index in [1.807, 2.05) is 19.1 Å². The van der Waals surface area contributed by atoms with E-state index in [1.165, 1.54) is 6.07 Å². The molecule has 0 bridgehead atoms. The zero-order valence-electron chi connectivity index (χ0n) is 12.2. The highest BCUT2D eigenvalue weighted by Crippen LogP contribution is 2.27. The number of epoxide rings is 1. The Labute approximate surface area is 129 Å². The van der Waals surface area contributed by atoms with Crippen molar-refractivity contribution in [1.29, 1.82) is 0 Å². The first-order valence-electron chi connectivity index (χ1n) is 6.98. The van der Waals surface area contributed by atoms with Gasteiger partial charge in [-0.15, -0.1) is 0 Å². The van der Waals surface area contributed by atoms with E-state index in [9.17, 15) is 8.42 Å². The molecule has 0 spiro atoms. The third-order valence-corrected chi connectivity index (χ3v) is 4.76. The third-order valence-electron chi connectivity index (χ3n) is 3.36. The van der Waals surface area contributed by atoms with Crippen molar-refractivity contribution in [2.24, 2.45) is 0 Å². The smallest absolute Gasteiger partial charge is 0.265 e. The summed E-state index contributed by atoms with van der Waals surface area (Å²) in [5, 5.41) is 0. The van der Waals surface area contributed by atoms with Gasteiger partial charge in [0, 0.05) is 0 Å². The molecule has 2 aromatic carbocycles. The molecule has 1 heterocycles. The first kappa shape index (κ1) is 14.9. The van der Waals surface area contributed by atoms with Gasteiger partial charge in [-0.3, -0.25) is 4.72 Å². The number of anilines is 1. The van der Waals surface area contributed by atoms with Crippen LogP contribution in [0.15, 0.2) is 53.4 Å². The number of para-hydroxylation sites is 2. The van der Waals surface area contributed by atoms with Gasteiger partial charge in [-0.25, -0.2) is 8.42 Å². The number of hydrogen-bond acceptors (Lipinski definition) is 4. The minimum absolute atomic E-state index is 0.0695. The molecule has 1 N–H and O–H groups in total. The Morgan fingerprint density at radius 3 is 2.59 bits per heavy atom. The van der Waals surface area contributed by atoms with Gasteiger partial charge in [0.05, 0.1) is 12.3 Å². The highest BCUT2D eigenvalue weighted by molar-refractivity contribution is 7.92. The lowest BCUT2D eigenvalue weighted by atomic mass is 10.2. The molecule has 0 amide bonds. The van der Waals surface area contributed by atoms with Gasteiger partial charge in [0.2, 0.25) is 0 Å². The summed E-state index contributed by atoms with van der Waals surface area (Å²) in [5.74, 6) is 0.332. The minimum atomic E-state index is -3.71. The van der Waals surface area contributed by atoms with Crippen molar-refractivity contribution in [3.8, 4) is 5.75 Å². The van der Waals surface area contributed by atoms with Crippen LogP contribution in [0.3, 0.4) is 0 Å². The van der Waals surface area contributed by atoms with E-state index in [0.29, 0.717) is 24.7 Å². The molecule has 1 atom stereocenters. The van der Waals surface area contributed by atoms with Crippen LogP contribution in [0.2, 0.25) is 0 Å². The largest absolute Gasteiger partial charge is 0.489 e. The van der Waals surface area contributed by atoms with E-state index in [1.54, 1.807) is 30.3 Å². The van der Waals surface area contributed by atoms with Crippen LogP contribution < -0.4 is 9.46 Å². The van der Waals surface area contributed by atoms with Gasteiger partial charge in [-0.05, 0) is 30.7 Å². The molecular formula is C16H17NO4S. The lowest BCUT2D eigenvalue weighted by Gasteiger charge is -2.14.